The summed E-state index contributed by atoms with van der Waals surface area (Å²) in [6, 6.07) is 15.5. The maximum Gasteiger partial charge on any atom is 0.119 e. The highest BCUT2D eigenvalue weighted by molar-refractivity contribution is 5.31. The molecule has 2 aromatic carbocycles. The molecule has 0 radical (unpaired) electrons. The van der Waals surface area contributed by atoms with Crippen LogP contribution in [0.4, 0.5) is 0 Å². The van der Waals surface area contributed by atoms with Crippen LogP contribution in [-0.2, 0) is 6.42 Å². The fourth-order valence-corrected chi connectivity index (χ4v) is 2.76. The van der Waals surface area contributed by atoms with Crippen molar-refractivity contribution < 1.29 is 19.3 Å². The molecule has 0 saturated carbocycles. The summed E-state index contributed by atoms with van der Waals surface area (Å²) >= 11 is 0. The number of aliphatic hydroxyl groups is 1. The van der Waals surface area contributed by atoms with E-state index in [2.05, 4.69) is 31.3 Å². The van der Waals surface area contributed by atoms with Crippen LogP contribution in [0.2, 0.25) is 0 Å². The zero-order valence-electron chi connectivity index (χ0n) is 16.7. The first kappa shape index (κ1) is 21.1. The molecule has 0 fully saturated rings. The lowest BCUT2D eigenvalue weighted by Crippen LogP contribution is -2.46. The van der Waals surface area contributed by atoms with Crippen molar-refractivity contribution >= 4 is 0 Å². The monoisotopic (exact) mass is 373 g/mol. The molecule has 1 atom stereocenters. The van der Waals surface area contributed by atoms with Crippen molar-refractivity contribution in [3.63, 3.8) is 0 Å². The Hall–Kier alpha value is -2.24. The first-order valence-electron chi connectivity index (χ1n) is 9.33. The highest BCUT2D eigenvalue weighted by Gasteiger charge is 2.19. The molecule has 1 unspecified atom stereocenters. The quantitative estimate of drug-likeness (QED) is 0.632. The summed E-state index contributed by atoms with van der Waals surface area (Å²) in [5.41, 5.74) is 1.07. The van der Waals surface area contributed by atoms with E-state index in [0.717, 1.165) is 23.7 Å². The van der Waals surface area contributed by atoms with Crippen molar-refractivity contribution in [3.05, 3.63) is 54.1 Å². The number of hydrogen-bond acceptors (Lipinski definition) is 5. The average molecular weight is 373 g/mol. The van der Waals surface area contributed by atoms with E-state index in [4.69, 9.17) is 14.2 Å². The van der Waals surface area contributed by atoms with Crippen molar-refractivity contribution in [3.8, 4) is 17.2 Å². The second kappa shape index (κ2) is 10.2. The minimum atomic E-state index is -0.591. The molecule has 2 rings (SSSR count). The topological polar surface area (TPSA) is 60.0 Å². The van der Waals surface area contributed by atoms with E-state index in [1.807, 2.05) is 43.3 Å². The van der Waals surface area contributed by atoms with Crippen LogP contribution in [-0.4, -0.2) is 43.6 Å². The predicted octanol–water partition coefficient (Wildman–Crippen LogP) is 3.44. The number of benzene rings is 2. The highest BCUT2D eigenvalue weighted by atomic mass is 16.5. The number of hydrogen-bond donors (Lipinski definition) is 2. The number of rotatable bonds is 11. The zero-order valence-corrected chi connectivity index (χ0v) is 16.7. The maximum atomic E-state index is 10.2. The number of aliphatic hydroxyl groups excluding tert-OH is 1. The Kier molecular flexibility index (Phi) is 7.95. The van der Waals surface area contributed by atoms with E-state index in [9.17, 15) is 5.11 Å². The van der Waals surface area contributed by atoms with E-state index in [1.54, 1.807) is 7.11 Å². The first-order valence-corrected chi connectivity index (χ1v) is 9.33. The van der Waals surface area contributed by atoms with Gasteiger partial charge in [0.25, 0.3) is 0 Å². The van der Waals surface area contributed by atoms with Gasteiger partial charge in [-0.15, -0.1) is 0 Å². The molecule has 0 amide bonds. The Labute approximate surface area is 162 Å². The lowest BCUT2D eigenvalue weighted by Gasteiger charge is -2.28. The molecule has 2 N–H and O–H groups in total. The zero-order chi connectivity index (χ0) is 19.7. The van der Waals surface area contributed by atoms with Crippen molar-refractivity contribution in [2.45, 2.75) is 38.8 Å². The van der Waals surface area contributed by atoms with Crippen LogP contribution in [0.15, 0.2) is 48.5 Å². The Balaban J connectivity index is 1.74. The second-order valence-corrected chi connectivity index (χ2v) is 7.16. The molecule has 0 spiro atoms. The highest BCUT2D eigenvalue weighted by Crippen LogP contribution is 2.18. The van der Waals surface area contributed by atoms with Gasteiger partial charge in [-0.05, 0) is 69.2 Å². The molecule has 0 aromatic heterocycles. The summed E-state index contributed by atoms with van der Waals surface area (Å²) < 4.78 is 16.2. The first-order chi connectivity index (χ1) is 12.9. The smallest absolute Gasteiger partial charge is 0.119 e. The summed E-state index contributed by atoms with van der Waals surface area (Å²) in [5, 5.41) is 13.6. The fraction of sp³-hybridized carbons (Fsp3) is 0.455. The molecule has 5 nitrogen and oxygen atoms in total. The van der Waals surface area contributed by atoms with Gasteiger partial charge in [0.2, 0.25) is 0 Å². The van der Waals surface area contributed by atoms with E-state index in [1.165, 1.54) is 5.56 Å². The molecule has 5 heteroatoms. The average Bonchev–Trinajstić information content (AvgIpc) is 2.66. The molecule has 2 aromatic rings. The van der Waals surface area contributed by atoms with Crippen LogP contribution in [0.3, 0.4) is 0 Å². The van der Waals surface area contributed by atoms with Gasteiger partial charge in [-0.3, -0.25) is 0 Å². The minimum absolute atomic E-state index is 0.144. The van der Waals surface area contributed by atoms with E-state index in [0.29, 0.717) is 13.2 Å². The molecule has 0 aliphatic rings. The third-order valence-electron chi connectivity index (χ3n) is 4.20. The molecule has 0 aliphatic carbocycles. The largest absolute Gasteiger partial charge is 0.497 e. The van der Waals surface area contributed by atoms with Gasteiger partial charge >= 0.3 is 0 Å². The molecule has 27 heavy (non-hydrogen) atoms. The summed E-state index contributed by atoms with van der Waals surface area (Å²) in [4.78, 5) is 0. The van der Waals surface area contributed by atoms with E-state index in [-0.39, 0.29) is 12.1 Å². The van der Waals surface area contributed by atoms with Gasteiger partial charge in [-0.2, -0.15) is 0 Å². The number of methoxy groups -OCH3 is 1. The molecule has 0 saturated heterocycles. The number of nitrogens with one attached hydrogen (secondary N) is 1. The lowest BCUT2D eigenvalue weighted by molar-refractivity contribution is 0.0988. The van der Waals surface area contributed by atoms with Crippen molar-refractivity contribution in [2.75, 3.05) is 26.9 Å². The van der Waals surface area contributed by atoms with Gasteiger partial charge < -0.3 is 24.6 Å². The Morgan fingerprint density at radius 1 is 0.926 bits per heavy atom. The molecular formula is C22H31NO4. The normalized spacial score (nSPS) is 12.5. The number of β-amino-alcohol motifs (C(OH)–C–C–N with tert-alkyl or cyclic N) is 1. The second-order valence-electron chi connectivity index (χ2n) is 7.16. The van der Waals surface area contributed by atoms with Gasteiger partial charge in [0.1, 0.15) is 30.0 Å². The van der Waals surface area contributed by atoms with Gasteiger partial charge in [-0.1, -0.05) is 12.1 Å². The lowest BCUT2D eigenvalue weighted by atomic mass is 9.94. The van der Waals surface area contributed by atoms with Crippen LogP contribution < -0.4 is 19.5 Å². The van der Waals surface area contributed by atoms with Crippen molar-refractivity contribution in [2.24, 2.45) is 0 Å². The van der Waals surface area contributed by atoms with Crippen LogP contribution in [0.25, 0.3) is 0 Å². The molecule has 148 valence electrons. The van der Waals surface area contributed by atoms with Gasteiger partial charge in [0, 0.05) is 12.1 Å². The third kappa shape index (κ3) is 7.49. The standard InChI is InChI=1S/C22H31NO4/c1-5-26-20-10-12-21(13-11-20)27-16-18(24)15-23-22(2,3)14-17-6-8-19(25-4)9-7-17/h6-13,18,23-24H,5,14-16H2,1-4H3. The Bertz CT molecular complexity index is 668. The molecule has 0 heterocycles. The third-order valence-corrected chi connectivity index (χ3v) is 4.20. The fourth-order valence-electron chi connectivity index (χ4n) is 2.76. The Morgan fingerprint density at radius 2 is 1.48 bits per heavy atom. The Morgan fingerprint density at radius 3 is 2.04 bits per heavy atom. The van der Waals surface area contributed by atoms with Crippen LogP contribution >= 0.6 is 0 Å². The number of ether oxygens (including phenoxy) is 3. The molecule has 0 bridgehead atoms. The molecular weight excluding hydrogens is 342 g/mol. The summed E-state index contributed by atoms with van der Waals surface area (Å²) in [6.07, 6.45) is 0.260. The van der Waals surface area contributed by atoms with Gasteiger partial charge in [0.05, 0.1) is 13.7 Å². The summed E-state index contributed by atoms with van der Waals surface area (Å²) in [5.74, 6) is 2.38. The summed E-state index contributed by atoms with van der Waals surface area (Å²) in [7, 11) is 1.66. The van der Waals surface area contributed by atoms with Crippen molar-refractivity contribution in [1.29, 1.82) is 0 Å². The van der Waals surface area contributed by atoms with E-state index >= 15 is 0 Å². The maximum absolute atomic E-state index is 10.2. The van der Waals surface area contributed by atoms with Crippen molar-refractivity contribution in [1.82, 2.24) is 5.32 Å². The van der Waals surface area contributed by atoms with Crippen LogP contribution in [0.1, 0.15) is 26.3 Å². The van der Waals surface area contributed by atoms with Crippen LogP contribution in [0, 0.1) is 0 Å². The minimum Gasteiger partial charge on any atom is -0.497 e. The van der Waals surface area contributed by atoms with Gasteiger partial charge in [0.15, 0.2) is 0 Å². The SMILES string of the molecule is CCOc1ccc(OCC(O)CNC(C)(C)Cc2ccc(OC)cc2)cc1. The van der Waals surface area contributed by atoms with Crippen LogP contribution in [0.5, 0.6) is 17.2 Å². The van der Waals surface area contributed by atoms with E-state index < -0.39 is 6.10 Å². The summed E-state index contributed by atoms with van der Waals surface area (Å²) in [6.45, 7) is 7.52. The predicted molar refractivity (Wildman–Crippen MR) is 108 cm³/mol. The molecule has 0 aliphatic heterocycles. The van der Waals surface area contributed by atoms with Gasteiger partial charge in [-0.25, -0.2) is 0 Å².